The van der Waals surface area contributed by atoms with E-state index >= 15 is 0 Å². The van der Waals surface area contributed by atoms with Gasteiger partial charge in [-0.3, -0.25) is 9.59 Å². The fourth-order valence-corrected chi connectivity index (χ4v) is 6.39. The van der Waals surface area contributed by atoms with E-state index in [2.05, 4.69) is 10.3 Å². The minimum absolute atomic E-state index is 0.0695. The van der Waals surface area contributed by atoms with E-state index in [4.69, 9.17) is 19.6 Å². The largest absolute Gasteiger partial charge is 0.506 e. The van der Waals surface area contributed by atoms with Gasteiger partial charge in [-0.15, -0.1) is 0 Å². The van der Waals surface area contributed by atoms with Gasteiger partial charge in [0.05, 0.1) is 6.61 Å². The third kappa shape index (κ3) is 7.67. The minimum atomic E-state index is -1.28. The average Bonchev–Trinajstić information content (AvgIpc) is 3.52. The van der Waals surface area contributed by atoms with Crippen LogP contribution >= 0.6 is 0 Å². The summed E-state index contributed by atoms with van der Waals surface area (Å²) >= 11 is 0. The molecule has 4 atom stereocenters. The number of hydrogen-bond acceptors (Lipinski definition) is 9. The van der Waals surface area contributed by atoms with Gasteiger partial charge in [-0.1, -0.05) is 74.0 Å². The molecule has 1 saturated carbocycles. The minimum Gasteiger partial charge on any atom is -0.450 e. The molecule has 1 unspecified atom stereocenters. The first-order chi connectivity index (χ1) is 23.3. The molecule has 13 heteroatoms. The summed E-state index contributed by atoms with van der Waals surface area (Å²) in [6, 6.07) is 19.6. The van der Waals surface area contributed by atoms with Crippen LogP contribution in [0.25, 0.3) is 11.4 Å². The van der Waals surface area contributed by atoms with E-state index in [9.17, 15) is 19.2 Å². The molecular weight excluding hydrogens is 616 g/mol. The first-order valence-corrected chi connectivity index (χ1v) is 16.4. The molecule has 1 aliphatic carbocycles. The second kappa shape index (κ2) is 14.7. The van der Waals surface area contributed by atoms with Gasteiger partial charge in [-0.25, -0.2) is 19.6 Å². The van der Waals surface area contributed by atoms with Gasteiger partial charge in [0.25, 0.3) is 5.91 Å². The fraction of sp³-hybridized carbons (Fsp3) is 0.429. The Kier molecular flexibility index (Phi) is 10.0. The summed E-state index contributed by atoms with van der Waals surface area (Å²) in [6.45, 7) is 4.81. The number of carbonyl (C=O) groups excluding carboxylic acids is 3. The third-order valence-electron chi connectivity index (χ3n) is 9.11. The number of nitrogens with zero attached hydrogens (tertiary/aromatic N) is 5. The molecule has 3 fully saturated rings. The number of nitrogens with one attached hydrogen (secondary N) is 1. The molecule has 2 N–H and O–H groups in total. The number of rotatable bonds is 11. The van der Waals surface area contributed by atoms with Gasteiger partial charge in [-0.2, -0.15) is 0 Å². The maximum atomic E-state index is 14.0. The number of anilines is 1. The van der Waals surface area contributed by atoms with E-state index < -0.39 is 18.1 Å². The van der Waals surface area contributed by atoms with E-state index in [0.717, 1.165) is 24.0 Å². The lowest BCUT2D eigenvalue weighted by molar-refractivity contribution is -0.134. The Morgan fingerprint density at radius 3 is 2.21 bits per heavy atom. The molecule has 6 rings (SSSR count). The predicted molar refractivity (Wildman–Crippen MR) is 175 cm³/mol. The lowest BCUT2D eigenvalue weighted by atomic mass is 10.0. The Labute approximate surface area is 278 Å². The normalized spacial score (nSPS) is 20.4. The van der Waals surface area contributed by atoms with Crippen molar-refractivity contribution in [2.24, 2.45) is 11.8 Å². The zero-order valence-corrected chi connectivity index (χ0v) is 26.9. The van der Waals surface area contributed by atoms with E-state index in [-0.39, 0.29) is 42.1 Å². The van der Waals surface area contributed by atoms with Gasteiger partial charge in [0, 0.05) is 69.2 Å². The van der Waals surface area contributed by atoms with E-state index in [1.54, 1.807) is 15.9 Å². The Bertz CT molecular complexity index is 1600. The lowest BCUT2D eigenvalue weighted by Gasteiger charge is -2.36. The van der Waals surface area contributed by atoms with Crippen LogP contribution in [0.3, 0.4) is 0 Å². The highest BCUT2D eigenvalue weighted by atomic mass is 16.7. The van der Waals surface area contributed by atoms with Crippen LogP contribution in [0, 0.1) is 11.8 Å². The number of fused-ring (bicyclic) bond motifs is 1. The number of amides is 3. The van der Waals surface area contributed by atoms with Crippen LogP contribution < -0.4 is 10.2 Å². The van der Waals surface area contributed by atoms with Crippen LogP contribution in [0.1, 0.15) is 35.8 Å². The molecule has 1 aromatic heterocycles. The molecule has 2 aromatic carbocycles. The maximum Gasteiger partial charge on any atom is 0.506 e. The number of piperidine rings is 1. The van der Waals surface area contributed by atoms with Gasteiger partial charge in [0.2, 0.25) is 5.91 Å². The van der Waals surface area contributed by atoms with Crippen LogP contribution in [-0.4, -0.2) is 107 Å². The van der Waals surface area contributed by atoms with Gasteiger partial charge in [0.1, 0.15) is 23.7 Å². The molecule has 2 saturated heterocycles. The number of hydrogen-bond donors (Lipinski definition) is 2. The molecule has 3 aromatic rings. The van der Waals surface area contributed by atoms with Crippen molar-refractivity contribution in [3.63, 3.8) is 0 Å². The first kappa shape index (κ1) is 32.7. The molecule has 0 radical (unpaired) electrons. The average molecular weight is 657 g/mol. The molecule has 3 amide bonds. The van der Waals surface area contributed by atoms with Crippen molar-refractivity contribution < 1.29 is 33.8 Å². The quantitative estimate of drug-likeness (QED) is 0.231. The van der Waals surface area contributed by atoms with Crippen molar-refractivity contribution in [1.82, 2.24) is 25.1 Å². The SMILES string of the molecule is CCCCOC(=O)N1CCN(C(=O)[C@H](Cc2ccccc2)NC(=O)c2cc(N3C[C@@H]4C(OC(=O)O)[C@@H]4C3)nc(-c3ccccc3)n2)CC1. The van der Waals surface area contributed by atoms with Crippen LogP contribution in [0.4, 0.5) is 15.4 Å². The molecule has 3 heterocycles. The number of piperazine rings is 1. The Hall–Kier alpha value is -5.20. The Balaban J connectivity index is 1.19. The summed E-state index contributed by atoms with van der Waals surface area (Å²) in [5, 5.41) is 12.0. The van der Waals surface area contributed by atoms with E-state index in [0.29, 0.717) is 57.5 Å². The fourth-order valence-electron chi connectivity index (χ4n) is 6.39. The highest BCUT2D eigenvalue weighted by molar-refractivity contribution is 5.97. The molecule has 252 valence electrons. The topological polar surface area (TPSA) is 154 Å². The lowest BCUT2D eigenvalue weighted by Crippen LogP contribution is -2.56. The summed E-state index contributed by atoms with van der Waals surface area (Å²) < 4.78 is 10.3. The highest BCUT2D eigenvalue weighted by Gasteiger charge is 2.59. The monoisotopic (exact) mass is 656 g/mol. The smallest absolute Gasteiger partial charge is 0.450 e. The Morgan fingerprint density at radius 1 is 0.917 bits per heavy atom. The Morgan fingerprint density at radius 2 is 1.56 bits per heavy atom. The number of benzene rings is 2. The predicted octanol–water partition coefficient (Wildman–Crippen LogP) is 3.69. The highest BCUT2D eigenvalue weighted by Crippen LogP contribution is 2.48. The van der Waals surface area contributed by atoms with Crippen LogP contribution in [0.2, 0.25) is 0 Å². The van der Waals surface area contributed by atoms with E-state index in [1.807, 2.05) is 72.5 Å². The number of unbranched alkanes of at least 4 members (excludes halogenated alkanes) is 1. The maximum absolute atomic E-state index is 14.0. The molecule has 0 spiro atoms. The number of aromatic nitrogens is 2. The molecular formula is C35H40N6O7. The number of carbonyl (C=O) groups is 4. The standard InChI is InChI=1S/C35H40N6O7/c1-2-3-18-47-34(44)40-16-14-39(15-17-40)33(43)28(19-23-10-6-4-7-11-23)37-32(42)27-20-29(38-31(36-27)24-12-8-5-9-13-24)41-21-25-26(22-41)30(25)48-35(45)46/h4-13,20,25-26,28,30H,2-3,14-19,21-22H2,1H3,(H,37,42)(H,45,46)/t25-,26+,28-,30?/m0/s1. The molecule has 3 aliphatic rings. The summed E-state index contributed by atoms with van der Waals surface area (Å²) in [4.78, 5) is 66.1. The van der Waals surface area contributed by atoms with Crippen molar-refractivity contribution in [1.29, 1.82) is 0 Å². The molecule has 13 nitrogen and oxygen atoms in total. The summed E-state index contributed by atoms with van der Waals surface area (Å²) in [7, 11) is 0. The van der Waals surface area contributed by atoms with Crippen molar-refractivity contribution in [2.45, 2.75) is 38.3 Å². The van der Waals surface area contributed by atoms with Crippen molar-refractivity contribution in [3.8, 4) is 11.4 Å². The van der Waals surface area contributed by atoms with Crippen molar-refractivity contribution in [3.05, 3.63) is 78.0 Å². The third-order valence-corrected chi connectivity index (χ3v) is 9.11. The number of ether oxygens (including phenoxy) is 2. The van der Waals surface area contributed by atoms with E-state index in [1.165, 1.54) is 0 Å². The second-order valence-corrected chi connectivity index (χ2v) is 12.4. The van der Waals surface area contributed by atoms with Crippen LogP contribution in [0.15, 0.2) is 66.7 Å². The van der Waals surface area contributed by atoms with Crippen LogP contribution in [-0.2, 0) is 20.7 Å². The summed E-state index contributed by atoms with van der Waals surface area (Å²) in [5.41, 5.74) is 1.73. The van der Waals surface area contributed by atoms with Crippen molar-refractivity contribution >= 4 is 29.9 Å². The van der Waals surface area contributed by atoms with Crippen LogP contribution in [0.5, 0.6) is 0 Å². The molecule has 2 aliphatic heterocycles. The van der Waals surface area contributed by atoms with Gasteiger partial charge >= 0.3 is 12.2 Å². The zero-order valence-electron chi connectivity index (χ0n) is 26.9. The second-order valence-electron chi connectivity index (χ2n) is 12.4. The van der Waals surface area contributed by atoms with Gasteiger partial charge < -0.3 is 34.6 Å². The van der Waals surface area contributed by atoms with Crippen molar-refractivity contribution in [2.75, 3.05) is 50.8 Å². The number of carboxylic acid groups (broad SMARTS) is 1. The molecule has 48 heavy (non-hydrogen) atoms. The molecule has 0 bridgehead atoms. The summed E-state index contributed by atoms with van der Waals surface area (Å²) in [5.74, 6) is 0.292. The van der Waals surface area contributed by atoms with Gasteiger partial charge in [0.15, 0.2) is 5.82 Å². The first-order valence-electron chi connectivity index (χ1n) is 16.4. The van der Waals surface area contributed by atoms with Gasteiger partial charge in [-0.05, 0) is 12.0 Å². The zero-order chi connectivity index (χ0) is 33.6. The summed E-state index contributed by atoms with van der Waals surface area (Å²) in [6.07, 6.45) is 0.0212.